The van der Waals surface area contributed by atoms with E-state index < -0.39 is 0 Å². The Hall–Kier alpha value is -0.890. The molecule has 0 aliphatic carbocycles. The number of hydrogen-bond donors (Lipinski definition) is 0. The number of aryl methyl sites for hydroxylation is 1. The van der Waals surface area contributed by atoms with Crippen molar-refractivity contribution in [3.63, 3.8) is 0 Å². The van der Waals surface area contributed by atoms with Gasteiger partial charge in [-0.2, -0.15) is 11.8 Å². The summed E-state index contributed by atoms with van der Waals surface area (Å²) in [5.41, 5.74) is 2.28. The van der Waals surface area contributed by atoms with Crippen molar-refractivity contribution in [3.8, 4) is 0 Å². The molecule has 1 heterocycles. The van der Waals surface area contributed by atoms with Crippen molar-refractivity contribution in [2.24, 2.45) is 0 Å². The Kier molecular flexibility index (Phi) is 3.06. The van der Waals surface area contributed by atoms with E-state index in [2.05, 4.69) is 39.0 Å². The molecule has 0 fully saturated rings. The fraction of sp³-hybridized carbons (Fsp3) is 0.385. The molecule has 2 rings (SSSR count). The maximum atomic E-state index is 5.75. The summed E-state index contributed by atoms with van der Waals surface area (Å²) in [6.45, 7) is 6.52. The molecule has 0 spiro atoms. The van der Waals surface area contributed by atoms with Crippen LogP contribution in [-0.2, 0) is 5.75 Å². The van der Waals surface area contributed by atoms with Gasteiger partial charge in [0.2, 0.25) is 0 Å². The van der Waals surface area contributed by atoms with E-state index in [0.717, 1.165) is 17.1 Å². The van der Waals surface area contributed by atoms with Crippen LogP contribution in [0.2, 0.25) is 0 Å². The van der Waals surface area contributed by atoms with Crippen molar-refractivity contribution in [2.75, 3.05) is 0 Å². The fourth-order valence-corrected chi connectivity index (χ4v) is 2.18. The first-order chi connectivity index (χ1) is 7.15. The molecular weight excluding hydrogens is 204 g/mol. The normalized spacial score (nSPS) is 11.5. The average molecular weight is 220 g/mol. The Morgan fingerprint density at radius 2 is 2.07 bits per heavy atom. The summed E-state index contributed by atoms with van der Waals surface area (Å²) >= 11 is 1.91. The van der Waals surface area contributed by atoms with Crippen LogP contribution in [0.3, 0.4) is 0 Å². The van der Waals surface area contributed by atoms with Gasteiger partial charge in [-0.05, 0) is 30.4 Å². The Labute approximate surface area is 94.9 Å². The molecule has 1 nitrogen and oxygen atoms in total. The van der Waals surface area contributed by atoms with Gasteiger partial charge in [0.15, 0.2) is 0 Å². The second-order valence-corrected chi connectivity index (χ2v) is 5.68. The van der Waals surface area contributed by atoms with Crippen molar-refractivity contribution in [1.82, 2.24) is 0 Å². The molecule has 0 aliphatic rings. The molecule has 15 heavy (non-hydrogen) atoms. The minimum atomic E-state index is 0.653. The maximum absolute atomic E-state index is 5.75. The molecule has 80 valence electrons. The predicted octanol–water partition coefficient (Wildman–Crippen LogP) is 4.38. The van der Waals surface area contributed by atoms with E-state index in [-0.39, 0.29) is 0 Å². The van der Waals surface area contributed by atoms with Crippen LogP contribution in [0.4, 0.5) is 0 Å². The second kappa shape index (κ2) is 4.31. The van der Waals surface area contributed by atoms with Gasteiger partial charge < -0.3 is 4.42 Å². The van der Waals surface area contributed by atoms with Crippen LogP contribution in [0.15, 0.2) is 28.7 Å². The zero-order valence-electron chi connectivity index (χ0n) is 9.41. The minimum Gasteiger partial charge on any atom is -0.460 e. The number of furan rings is 1. The van der Waals surface area contributed by atoms with Crippen molar-refractivity contribution in [1.29, 1.82) is 0 Å². The van der Waals surface area contributed by atoms with Gasteiger partial charge in [0, 0.05) is 5.39 Å². The third-order valence-electron chi connectivity index (χ3n) is 2.28. The molecule has 0 bridgehead atoms. The lowest BCUT2D eigenvalue weighted by Gasteiger charge is -2.00. The van der Waals surface area contributed by atoms with E-state index in [1.807, 2.05) is 17.8 Å². The zero-order valence-corrected chi connectivity index (χ0v) is 10.2. The summed E-state index contributed by atoms with van der Waals surface area (Å²) in [5, 5.41) is 1.87. The average Bonchev–Trinajstić information content (AvgIpc) is 2.56. The Morgan fingerprint density at radius 3 is 2.80 bits per heavy atom. The molecule has 0 saturated carbocycles. The van der Waals surface area contributed by atoms with Gasteiger partial charge in [0.1, 0.15) is 11.3 Å². The van der Waals surface area contributed by atoms with E-state index in [1.54, 1.807) is 0 Å². The lowest BCUT2D eigenvalue weighted by Crippen LogP contribution is -1.86. The van der Waals surface area contributed by atoms with Crippen molar-refractivity contribution in [3.05, 3.63) is 35.6 Å². The molecule has 1 aromatic heterocycles. The molecule has 0 N–H and O–H groups in total. The standard InChI is InChI=1S/C13H16OS/c1-9(2)15-8-12-7-11-6-10(3)4-5-13(11)14-12/h4-7,9H,8H2,1-3H3. The summed E-state index contributed by atoms with van der Waals surface area (Å²) in [4.78, 5) is 0. The molecule has 1 aromatic carbocycles. The van der Waals surface area contributed by atoms with E-state index in [4.69, 9.17) is 4.42 Å². The first kappa shape index (κ1) is 10.6. The van der Waals surface area contributed by atoms with Gasteiger partial charge in [-0.1, -0.05) is 25.5 Å². The lowest BCUT2D eigenvalue weighted by molar-refractivity contribution is 0.574. The number of fused-ring (bicyclic) bond motifs is 1. The van der Waals surface area contributed by atoms with Crippen LogP contribution in [0.5, 0.6) is 0 Å². The number of thioether (sulfide) groups is 1. The SMILES string of the molecule is Cc1ccc2oc(CSC(C)C)cc2c1. The monoisotopic (exact) mass is 220 g/mol. The first-order valence-electron chi connectivity index (χ1n) is 5.26. The van der Waals surface area contributed by atoms with Crippen LogP contribution in [0.25, 0.3) is 11.0 Å². The van der Waals surface area contributed by atoms with Crippen molar-refractivity contribution in [2.45, 2.75) is 31.8 Å². The highest BCUT2D eigenvalue weighted by molar-refractivity contribution is 7.99. The topological polar surface area (TPSA) is 13.1 Å². The molecule has 0 amide bonds. The van der Waals surface area contributed by atoms with Gasteiger partial charge >= 0.3 is 0 Å². The second-order valence-electron chi connectivity index (χ2n) is 4.11. The minimum absolute atomic E-state index is 0.653. The highest BCUT2D eigenvalue weighted by atomic mass is 32.2. The Balaban J connectivity index is 2.23. The molecule has 0 unspecified atom stereocenters. The van der Waals surface area contributed by atoms with Crippen LogP contribution in [-0.4, -0.2) is 5.25 Å². The third-order valence-corrected chi connectivity index (χ3v) is 3.40. The molecule has 0 saturated heterocycles. The Bertz CT molecular complexity index is 457. The zero-order chi connectivity index (χ0) is 10.8. The van der Waals surface area contributed by atoms with Gasteiger partial charge in [-0.25, -0.2) is 0 Å². The molecular formula is C13H16OS. The largest absolute Gasteiger partial charge is 0.460 e. The molecule has 0 aliphatic heterocycles. The van der Waals surface area contributed by atoms with Crippen LogP contribution in [0, 0.1) is 6.92 Å². The van der Waals surface area contributed by atoms with Gasteiger partial charge in [0.05, 0.1) is 5.75 Å². The maximum Gasteiger partial charge on any atom is 0.134 e. The summed E-state index contributed by atoms with van der Waals surface area (Å²) in [5.74, 6) is 2.04. The van der Waals surface area contributed by atoms with E-state index >= 15 is 0 Å². The molecule has 2 aromatic rings. The number of hydrogen-bond acceptors (Lipinski definition) is 2. The molecule has 0 radical (unpaired) electrons. The fourth-order valence-electron chi connectivity index (χ4n) is 1.54. The summed E-state index contributed by atoms with van der Waals surface area (Å²) in [6, 6.07) is 8.46. The third kappa shape index (κ3) is 2.57. The quantitative estimate of drug-likeness (QED) is 0.761. The number of benzene rings is 1. The van der Waals surface area contributed by atoms with Crippen molar-refractivity contribution < 1.29 is 4.42 Å². The van der Waals surface area contributed by atoms with Crippen LogP contribution < -0.4 is 0 Å². The van der Waals surface area contributed by atoms with Gasteiger partial charge in [-0.3, -0.25) is 0 Å². The first-order valence-corrected chi connectivity index (χ1v) is 6.31. The van der Waals surface area contributed by atoms with E-state index in [9.17, 15) is 0 Å². The van der Waals surface area contributed by atoms with Crippen LogP contribution >= 0.6 is 11.8 Å². The summed E-state index contributed by atoms with van der Waals surface area (Å²) < 4.78 is 5.75. The summed E-state index contributed by atoms with van der Waals surface area (Å²) in [6.07, 6.45) is 0. The highest BCUT2D eigenvalue weighted by Crippen LogP contribution is 2.24. The highest BCUT2D eigenvalue weighted by Gasteiger charge is 2.04. The molecule has 0 atom stereocenters. The van der Waals surface area contributed by atoms with E-state index in [1.165, 1.54) is 10.9 Å². The van der Waals surface area contributed by atoms with Crippen molar-refractivity contribution >= 4 is 22.7 Å². The number of rotatable bonds is 3. The Morgan fingerprint density at radius 1 is 1.27 bits per heavy atom. The lowest BCUT2D eigenvalue weighted by atomic mass is 10.2. The predicted molar refractivity (Wildman–Crippen MR) is 67.4 cm³/mol. The van der Waals surface area contributed by atoms with Crippen LogP contribution in [0.1, 0.15) is 25.2 Å². The smallest absolute Gasteiger partial charge is 0.134 e. The van der Waals surface area contributed by atoms with Gasteiger partial charge in [0.25, 0.3) is 0 Å². The molecule has 2 heteroatoms. The van der Waals surface area contributed by atoms with Gasteiger partial charge in [-0.15, -0.1) is 0 Å². The van der Waals surface area contributed by atoms with E-state index in [0.29, 0.717) is 5.25 Å². The summed E-state index contributed by atoms with van der Waals surface area (Å²) in [7, 11) is 0.